The van der Waals surface area contributed by atoms with Gasteiger partial charge < -0.3 is 15.5 Å². The lowest BCUT2D eigenvalue weighted by atomic mass is 10.3. The summed E-state index contributed by atoms with van der Waals surface area (Å²) in [5.41, 5.74) is 0. The van der Waals surface area contributed by atoms with E-state index in [2.05, 4.69) is 15.3 Å². The van der Waals surface area contributed by atoms with Gasteiger partial charge in [-0.3, -0.25) is 4.98 Å². The summed E-state index contributed by atoms with van der Waals surface area (Å²) in [6.07, 6.45) is 2.41. The smallest absolute Gasteiger partial charge is 0.337 e. The van der Waals surface area contributed by atoms with Crippen LogP contribution in [0.1, 0.15) is 0 Å². The van der Waals surface area contributed by atoms with Crippen LogP contribution in [0, 0.1) is 0 Å². The summed E-state index contributed by atoms with van der Waals surface area (Å²) >= 11 is 5.48. The molecule has 1 heterocycles. The Morgan fingerprint density at radius 1 is 1.33 bits per heavy atom. The largest absolute Gasteiger partial charge is 0.479 e. The van der Waals surface area contributed by atoms with E-state index in [-0.39, 0.29) is 11.0 Å². The van der Waals surface area contributed by atoms with E-state index in [1.165, 1.54) is 12.4 Å². The second-order valence-electron chi connectivity index (χ2n) is 2.48. The molecule has 15 heavy (non-hydrogen) atoms. The lowest BCUT2D eigenvalue weighted by molar-refractivity contribution is -0.148. The molecule has 1 aromatic rings. The van der Waals surface area contributed by atoms with E-state index in [1.807, 2.05) is 0 Å². The number of carboxylic acids is 2. The molecule has 0 aliphatic rings. The Morgan fingerprint density at radius 3 is 2.40 bits per heavy atom. The molecule has 1 aromatic heterocycles. The van der Waals surface area contributed by atoms with Crippen LogP contribution in [0.5, 0.6) is 0 Å². The average Bonchev–Trinajstić information content (AvgIpc) is 2.13. The summed E-state index contributed by atoms with van der Waals surface area (Å²) in [6.45, 7) is 0. The maximum atomic E-state index is 10.5. The Morgan fingerprint density at radius 2 is 1.93 bits per heavy atom. The molecule has 8 heteroatoms. The van der Waals surface area contributed by atoms with E-state index in [0.717, 1.165) is 0 Å². The number of rotatable bonds is 4. The predicted molar refractivity (Wildman–Crippen MR) is 49.7 cm³/mol. The number of hydrogen-bond donors (Lipinski definition) is 3. The van der Waals surface area contributed by atoms with E-state index >= 15 is 0 Å². The topological polar surface area (TPSA) is 112 Å². The molecule has 0 aliphatic heterocycles. The molecule has 0 bridgehead atoms. The van der Waals surface area contributed by atoms with Gasteiger partial charge in [-0.1, -0.05) is 11.6 Å². The molecule has 1 rings (SSSR count). The van der Waals surface area contributed by atoms with Gasteiger partial charge in [0.1, 0.15) is 11.0 Å². The highest BCUT2D eigenvalue weighted by atomic mass is 35.5. The van der Waals surface area contributed by atoms with Crippen molar-refractivity contribution < 1.29 is 19.8 Å². The van der Waals surface area contributed by atoms with E-state index in [4.69, 9.17) is 21.8 Å². The SMILES string of the molecule is O=C(O)C(Nc1cncc(Cl)n1)C(=O)O. The fourth-order valence-electron chi connectivity index (χ4n) is 0.789. The van der Waals surface area contributed by atoms with Crippen LogP contribution < -0.4 is 5.32 Å². The summed E-state index contributed by atoms with van der Waals surface area (Å²) in [5.74, 6) is -3.06. The Kier molecular flexibility index (Phi) is 3.40. The highest BCUT2D eigenvalue weighted by Gasteiger charge is 2.25. The number of aliphatic carboxylic acids is 2. The zero-order chi connectivity index (χ0) is 11.4. The minimum Gasteiger partial charge on any atom is -0.479 e. The molecule has 0 unspecified atom stereocenters. The molecular weight excluding hydrogens is 226 g/mol. The van der Waals surface area contributed by atoms with Crippen molar-refractivity contribution in [1.29, 1.82) is 0 Å². The van der Waals surface area contributed by atoms with E-state index in [1.54, 1.807) is 0 Å². The first-order valence-corrected chi connectivity index (χ1v) is 4.08. The second kappa shape index (κ2) is 4.56. The summed E-state index contributed by atoms with van der Waals surface area (Å²) in [6, 6.07) is -1.78. The van der Waals surface area contributed by atoms with Gasteiger partial charge in [-0.05, 0) is 0 Å². The molecule has 0 atom stereocenters. The maximum absolute atomic E-state index is 10.5. The third-order valence-electron chi connectivity index (χ3n) is 1.39. The van der Waals surface area contributed by atoms with Crippen LogP contribution in [-0.2, 0) is 9.59 Å². The number of nitrogens with one attached hydrogen (secondary N) is 1. The molecule has 3 N–H and O–H groups in total. The van der Waals surface area contributed by atoms with Crippen LogP contribution in [0.25, 0.3) is 0 Å². The van der Waals surface area contributed by atoms with Crippen molar-refractivity contribution in [3.63, 3.8) is 0 Å². The highest BCUT2D eigenvalue weighted by Crippen LogP contribution is 2.08. The molecule has 0 radical (unpaired) electrons. The number of hydrogen-bond acceptors (Lipinski definition) is 5. The standard InChI is InChI=1S/C7H6ClN3O4/c8-3-1-9-2-4(10-3)11-5(6(12)13)7(14)15/h1-2,5H,(H,10,11)(H,12,13)(H,14,15). The van der Waals surface area contributed by atoms with Crippen LogP contribution in [0.2, 0.25) is 5.15 Å². The van der Waals surface area contributed by atoms with Crippen molar-refractivity contribution in [2.45, 2.75) is 6.04 Å². The van der Waals surface area contributed by atoms with Crippen molar-refractivity contribution in [3.8, 4) is 0 Å². The first-order valence-electron chi connectivity index (χ1n) is 3.70. The van der Waals surface area contributed by atoms with Crippen molar-refractivity contribution in [2.75, 3.05) is 5.32 Å². The van der Waals surface area contributed by atoms with Crippen LogP contribution in [-0.4, -0.2) is 38.2 Å². The summed E-state index contributed by atoms with van der Waals surface area (Å²) in [4.78, 5) is 28.3. The van der Waals surface area contributed by atoms with Gasteiger partial charge in [-0.15, -0.1) is 0 Å². The van der Waals surface area contributed by atoms with Gasteiger partial charge in [-0.25, -0.2) is 14.6 Å². The van der Waals surface area contributed by atoms with Crippen LogP contribution in [0.3, 0.4) is 0 Å². The van der Waals surface area contributed by atoms with E-state index < -0.39 is 18.0 Å². The number of halogens is 1. The Labute approximate surface area is 88.7 Å². The van der Waals surface area contributed by atoms with Gasteiger partial charge in [0.25, 0.3) is 0 Å². The molecule has 0 spiro atoms. The van der Waals surface area contributed by atoms with Crippen molar-refractivity contribution >= 4 is 29.4 Å². The minimum atomic E-state index is -1.78. The second-order valence-corrected chi connectivity index (χ2v) is 2.87. The van der Waals surface area contributed by atoms with Gasteiger partial charge in [0.15, 0.2) is 0 Å². The number of carboxylic acid groups (broad SMARTS) is 2. The molecule has 0 saturated carbocycles. The third kappa shape index (κ3) is 3.06. The zero-order valence-electron chi connectivity index (χ0n) is 7.22. The first kappa shape index (κ1) is 11.2. The Bertz CT molecular complexity index is 384. The average molecular weight is 232 g/mol. The molecule has 0 aliphatic carbocycles. The maximum Gasteiger partial charge on any atom is 0.337 e. The zero-order valence-corrected chi connectivity index (χ0v) is 7.97. The lowest BCUT2D eigenvalue weighted by Gasteiger charge is -2.09. The minimum absolute atomic E-state index is 0.0164. The fraction of sp³-hybridized carbons (Fsp3) is 0.143. The van der Waals surface area contributed by atoms with Gasteiger partial charge in [0.05, 0.1) is 12.4 Å². The monoisotopic (exact) mass is 231 g/mol. The van der Waals surface area contributed by atoms with Crippen molar-refractivity contribution in [3.05, 3.63) is 17.5 Å². The van der Waals surface area contributed by atoms with Gasteiger partial charge in [0.2, 0.25) is 6.04 Å². The molecule has 7 nitrogen and oxygen atoms in total. The summed E-state index contributed by atoms with van der Waals surface area (Å²) in [5, 5.41) is 19.3. The number of carbonyl (C=O) groups is 2. The number of nitrogens with zero attached hydrogens (tertiary/aromatic N) is 2. The summed E-state index contributed by atoms with van der Waals surface area (Å²) in [7, 11) is 0. The normalized spacial score (nSPS) is 10.0. The summed E-state index contributed by atoms with van der Waals surface area (Å²) < 4.78 is 0. The molecule has 0 amide bonds. The van der Waals surface area contributed by atoms with E-state index in [9.17, 15) is 9.59 Å². The quantitative estimate of drug-likeness (QED) is 0.629. The molecular formula is C7H6ClN3O4. The van der Waals surface area contributed by atoms with Crippen LogP contribution in [0.4, 0.5) is 5.82 Å². The van der Waals surface area contributed by atoms with Gasteiger partial charge >= 0.3 is 11.9 Å². The van der Waals surface area contributed by atoms with Crippen LogP contribution in [0.15, 0.2) is 12.4 Å². The highest BCUT2D eigenvalue weighted by molar-refractivity contribution is 6.29. The first-order chi connectivity index (χ1) is 7.00. The lowest BCUT2D eigenvalue weighted by Crippen LogP contribution is -2.37. The van der Waals surface area contributed by atoms with Crippen molar-refractivity contribution in [1.82, 2.24) is 9.97 Å². The van der Waals surface area contributed by atoms with Gasteiger partial charge in [0, 0.05) is 0 Å². The molecule has 0 aromatic carbocycles. The number of anilines is 1. The fourth-order valence-corrected chi connectivity index (χ4v) is 0.936. The predicted octanol–water partition coefficient (Wildman–Crippen LogP) is 0.0797. The molecule has 80 valence electrons. The van der Waals surface area contributed by atoms with Crippen molar-refractivity contribution in [2.24, 2.45) is 0 Å². The molecule has 0 fully saturated rings. The third-order valence-corrected chi connectivity index (χ3v) is 1.57. The molecule has 0 saturated heterocycles. The number of aromatic nitrogens is 2. The Hall–Kier alpha value is -1.89. The Balaban J connectivity index is 2.83. The van der Waals surface area contributed by atoms with E-state index in [0.29, 0.717) is 0 Å². The van der Waals surface area contributed by atoms with Crippen LogP contribution >= 0.6 is 11.6 Å². The van der Waals surface area contributed by atoms with Gasteiger partial charge in [-0.2, -0.15) is 0 Å².